The van der Waals surface area contributed by atoms with E-state index in [0.717, 1.165) is 19.3 Å². The Balaban J connectivity index is 1.80. The molecule has 2 aromatic rings. The minimum Gasteiger partial charge on any atom is -0.322 e. The highest BCUT2D eigenvalue weighted by molar-refractivity contribution is 6.04. The molecule has 0 radical (unpaired) electrons. The van der Waals surface area contributed by atoms with Gasteiger partial charge in [0.05, 0.1) is 4.92 Å². The molecule has 0 spiro atoms. The summed E-state index contributed by atoms with van der Waals surface area (Å²) in [7, 11) is 0. The van der Waals surface area contributed by atoms with E-state index < -0.39 is 4.92 Å². The lowest BCUT2D eigenvalue weighted by Gasteiger charge is -2.16. The number of nitrogens with zero attached hydrogens (tertiary/aromatic N) is 1. The van der Waals surface area contributed by atoms with E-state index in [0.29, 0.717) is 11.3 Å². The van der Waals surface area contributed by atoms with Crippen LogP contribution in [0.5, 0.6) is 0 Å². The first-order chi connectivity index (χ1) is 10.6. The molecule has 1 amide bonds. The lowest BCUT2D eigenvalue weighted by molar-refractivity contribution is -0.384. The van der Waals surface area contributed by atoms with E-state index in [2.05, 4.69) is 5.32 Å². The lowest BCUT2D eigenvalue weighted by atomic mass is 9.90. The van der Waals surface area contributed by atoms with Crippen molar-refractivity contribution in [2.24, 2.45) is 0 Å². The topological polar surface area (TPSA) is 72.2 Å². The van der Waals surface area contributed by atoms with Crippen molar-refractivity contribution in [3.8, 4) is 0 Å². The number of nitrogens with one attached hydrogen (secondary N) is 1. The molecule has 0 saturated heterocycles. The minimum absolute atomic E-state index is 0.0387. The van der Waals surface area contributed by atoms with Crippen molar-refractivity contribution in [3.05, 3.63) is 69.3 Å². The highest BCUT2D eigenvalue weighted by atomic mass is 16.6. The minimum atomic E-state index is -0.478. The number of nitro groups is 1. The Morgan fingerprint density at radius 2 is 1.82 bits per heavy atom. The zero-order valence-electron chi connectivity index (χ0n) is 12.0. The number of aryl methyl sites for hydroxylation is 2. The molecule has 0 atom stereocenters. The molecular formula is C17H16N2O3. The average Bonchev–Trinajstić information content (AvgIpc) is 2.54. The van der Waals surface area contributed by atoms with Crippen molar-refractivity contribution in [2.75, 3.05) is 5.32 Å². The third-order valence-corrected chi connectivity index (χ3v) is 3.93. The molecule has 3 rings (SSSR count). The normalized spacial score (nSPS) is 13.3. The van der Waals surface area contributed by atoms with Crippen LogP contribution < -0.4 is 5.32 Å². The highest BCUT2D eigenvalue weighted by Gasteiger charge is 2.14. The van der Waals surface area contributed by atoms with Gasteiger partial charge in [0.25, 0.3) is 11.6 Å². The number of nitro benzene ring substituents is 1. The number of hydrogen-bond acceptors (Lipinski definition) is 3. The van der Waals surface area contributed by atoms with Gasteiger partial charge in [-0.2, -0.15) is 0 Å². The van der Waals surface area contributed by atoms with Gasteiger partial charge in [0.15, 0.2) is 0 Å². The molecule has 112 valence electrons. The summed E-state index contributed by atoms with van der Waals surface area (Å²) in [5.74, 6) is -0.242. The second-order valence-corrected chi connectivity index (χ2v) is 5.45. The Hall–Kier alpha value is -2.69. The number of rotatable bonds is 3. The molecule has 5 nitrogen and oxygen atoms in total. The van der Waals surface area contributed by atoms with Crippen molar-refractivity contribution in [1.29, 1.82) is 0 Å². The maximum atomic E-state index is 12.3. The summed E-state index contributed by atoms with van der Waals surface area (Å²) in [6.45, 7) is 0. The van der Waals surface area contributed by atoms with E-state index in [1.807, 2.05) is 18.2 Å². The van der Waals surface area contributed by atoms with Crippen LogP contribution in [-0.4, -0.2) is 10.8 Å². The van der Waals surface area contributed by atoms with E-state index in [1.165, 1.54) is 29.7 Å². The van der Waals surface area contributed by atoms with Crippen LogP contribution in [0.15, 0.2) is 42.5 Å². The number of hydrogen-bond donors (Lipinski definition) is 1. The monoisotopic (exact) mass is 296 g/mol. The van der Waals surface area contributed by atoms with Crippen LogP contribution in [0.1, 0.15) is 34.3 Å². The van der Waals surface area contributed by atoms with Gasteiger partial charge in [-0.25, -0.2) is 0 Å². The van der Waals surface area contributed by atoms with Crippen molar-refractivity contribution >= 4 is 17.3 Å². The number of anilines is 1. The average molecular weight is 296 g/mol. The highest BCUT2D eigenvalue weighted by Crippen LogP contribution is 2.23. The molecule has 1 aliphatic rings. The maximum absolute atomic E-state index is 12.3. The van der Waals surface area contributed by atoms with Gasteiger partial charge >= 0.3 is 0 Å². The molecule has 0 saturated carbocycles. The molecule has 5 heteroatoms. The van der Waals surface area contributed by atoms with Crippen molar-refractivity contribution in [1.82, 2.24) is 0 Å². The van der Waals surface area contributed by atoms with Gasteiger partial charge in [0.1, 0.15) is 0 Å². The van der Waals surface area contributed by atoms with Crippen LogP contribution >= 0.6 is 0 Å². The summed E-state index contributed by atoms with van der Waals surface area (Å²) in [6.07, 6.45) is 4.44. The van der Waals surface area contributed by atoms with E-state index in [4.69, 9.17) is 0 Å². The SMILES string of the molecule is O=C(Nc1cccc([N+](=O)[O-])c1)c1ccc2c(c1)CCCC2. The van der Waals surface area contributed by atoms with Crippen molar-refractivity contribution in [3.63, 3.8) is 0 Å². The third-order valence-electron chi connectivity index (χ3n) is 3.93. The van der Waals surface area contributed by atoms with Crippen LogP contribution in [0, 0.1) is 10.1 Å². The number of amides is 1. The lowest BCUT2D eigenvalue weighted by Crippen LogP contribution is -2.13. The summed E-state index contributed by atoms with van der Waals surface area (Å²) < 4.78 is 0. The van der Waals surface area contributed by atoms with Gasteiger partial charge in [-0.1, -0.05) is 12.1 Å². The Kier molecular flexibility index (Phi) is 3.87. The predicted molar refractivity (Wildman–Crippen MR) is 84.1 cm³/mol. The van der Waals surface area contributed by atoms with Crippen LogP contribution in [0.4, 0.5) is 11.4 Å². The quantitative estimate of drug-likeness (QED) is 0.693. The molecule has 0 unspecified atom stereocenters. The molecular weight excluding hydrogens is 280 g/mol. The molecule has 1 N–H and O–H groups in total. The number of fused-ring (bicyclic) bond motifs is 1. The Labute approximate surface area is 128 Å². The second kappa shape index (κ2) is 5.97. The van der Waals surface area contributed by atoms with E-state index in [9.17, 15) is 14.9 Å². The summed E-state index contributed by atoms with van der Waals surface area (Å²) in [6, 6.07) is 11.7. The molecule has 0 bridgehead atoms. The second-order valence-electron chi connectivity index (χ2n) is 5.45. The largest absolute Gasteiger partial charge is 0.322 e. The van der Waals surface area contributed by atoms with Crippen LogP contribution in [-0.2, 0) is 12.8 Å². The summed E-state index contributed by atoms with van der Waals surface area (Å²) in [4.78, 5) is 22.6. The van der Waals surface area contributed by atoms with Crippen molar-refractivity contribution in [2.45, 2.75) is 25.7 Å². The van der Waals surface area contributed by atoms with E-state index >= 15 is 0 Å². The fraction of sp³-hybridized carbons (Fsp3) is 0.235. The molecule has 0 fully saturated rings. The Morgan fingerprint density at radius 3 is 2.59 bits per heavy atom. The zero-order chi connectivity index (χ0) is 15.5. The first kappa shape index (κ1) is 14.3. The number of non-ortho nitro benzene ring substituents is 1. The van der Waals surface area contributed by atoms with Gasteiger partial charge in [-0.05, 0) is 55.0 Å². The predicted octanol–water partition coefficient (Wildman–Crippen LogP) is 3.73. The van der Waals surface area contributed by atoms with Crippen LogP contribution in [0.25, 0.3) is 0 Å². The molecule has 0 heterocycles. The first-order valence-electron chi connectivity index (χ1n) is 7.31. The Morgan fingerprint density at radius 1 is 1.05 bits per heavy atom. The fourth-order valence-corrected chi connectivity index (χ4v) is 2.78. The number of carbonyl (C=O) groups is 1. The smallest absolute Gasteiger partial charge is 0.271 e. The maximum Gasteiger partial charge on any atom is 0.271 e. The standard InChI is InChI=1S/C17H16N2O3/c20-17(18-15-6-3-7-16(11-15)19(21)22)14-9-8-12-4-1-2-5-13(12)10-14/h3,6-11H,1-2,4-5H2,(H,18,20). The van der Waals surface area contributed by atoms with Crippen molar-refractivity contribution < 1.29 is 9.72 Å². The van der Waals surface area contributed by atoms with E-state index in [-0.39, 0.29) is 11.6 Å². The van der Waals surface area contributed by atoms with Gasteiger partial charge in [-0.15, -0.1) is 0 Å². The zero-order valence-corrected chi connectivity index (χ0v) is 12.0. The molecule has 1 aliphatic carbocycles. The molecule has 22 heavy (non-hydrogen) atoms. The van der Waals surface area contributed by atoms with Gasteiger partial charge < -0.3 is 5.32 Å². The molecule has 0 aromatic heterocycles. The van der Waals surface area contributed by atoms with Gasteiger partial charge in [0, 0.05) is 23.4 Å². The fourth-order valence-electron chi connectivity index (χ4n) is 2.78. The van der Waals surface area contributed by atoms with Gasteiger partial charge in [0.2, 0.25) is 0 Å². The third kappa shape index (κ3) is 2.98. The van der Waals surface area contributed by atoms with Crippen LogP contribution in [0.3, 0.4) is 0 Å². The molecule has 2 aromatic carbocycles. The number of benzene rings is 2. The first-order valence-corrected chi connectivity index (χ1v) is 7.31. The van der Waals surface area contributed by atoms with E-state index in [1.54, 1.807) is 12.1 Å². The summed E-state index contributed by atoms with van der Waals surface area (Å²) >= 11 is 0. The Bertz CT molecular complexity index is 740. The van der Waals surface area contributed by atoms with Gasteiger partial charge in [-0.3, -0.25) is 14.9 Å². The summed E-state index contributed by atoms with van der Waals surface area (Å²) in [5.41, 5.74) is 3.53. The van der Waals surface area contributed by atoms with Crippen LogP contribution in [0.2, 0.25) is 0 Å². The number of carbonyl (C=O) groups excluding carboxylic acids is 1. The molecule has 0 aliphatic heterocycles. The summed E-state index contributed by atoms with van der Waals surface area (Å²) in [5, 5.41) is 13.5.